The number of aromatic nitrogens is 1. The van der Waals surface area contributed by atoms with Crippen LogP contribution in [0.4, 0.5) is 15.9 Å². The number of likely N-dealkylation sites (tertiary alicyclic amines) is 1. The van der Waals surface area contributed by atoms with Crippen molar-refractivity contribution in [2.75, 3.05) is 56.1 Å². The van der Waals surface area contributed by atoms with Gasteiger partial charge in [0.1, 0.15) is 11.6 Å². The predicted octanol–water partition coefficient (Wildman–Crippen LogP) is 4.12. The third-order valence-electron chi connectivity index (χ3n) is 7.42. The van der Waals surface area contributed by atoms with E-state index < -0.39 is 0 Å². The molecule has 3 heterocycles. The normalized spacial score (nSPS) is 19.9. The molecule has 1 saturated carbocycles. The van der Waals surface area contributed by atoms with Crippen LogP contribution in [0.25, 0.3) is 0 Å². The average Bonchev–Trinajstić information content (AvgIpc) is 3.27. The Labute approximate surface area is 213 Å². The van der Waals surface area contributed by atoms with E-state index in [0.717, 1.165) is 63.3 Å². The number of guanidine groups is 1. The highest BCUT2D eigenvalue weighted by atomic mass is 127. The number of benzene rings is 1. The van der Waals surface area contributed by atoms with E-state index in [4.69, 9.17) is 0 Å². The number of aliphatic imine (C=N–C) groups is 1. The molecule has 1 aliphatic carbocycles. The number of halogens is 2. The number of nitrogens with one attached hydrogen (secondary N) is 1. The number of pyridine rings is 1. The Kier molecular flexibility index (Phi) is 7.61. The minimum absolute atomic E-state index is 0. The van der Waals surface area contributed by atoms with E-state index in [0.29, 0.717) is 5.41 Å². The molecule has 0 atom stereocenters. The molecule has 1 N–H and O–H groups in total. The summed E-state index contributed by atoms with van der Waals surface area (Å²) in [5, 5.41) is 3.57. The van der Waals surface area contributed by atoms with Crippen molar-refractivity contribution >= 4 is 41.4 Å². The lowest BCUT2D eigenvalue weighted by atomic mass is 9.68. The van der Waals surface area contributed by atoms with Gasteiger partial charge in [-0.3, -0.25) is 4.99 Å². The Morgan fingerprint density at radius 1 is 1.03 bits per heavy atom. The third kappa shape index (κ3) is 5.36. The smallest absolute Gasteiger partial charge is 0.193 e. The lowest BCUT2D eigenvalue weighted by Crippen LogP contribution is -2.46. The average molecular weight is 564 g/mol. The van der Waals surface area contributed by atoms with Gasteiger partial charge in [-0.2, -0.15) is 0 Å². The van der Waals surface area contributed by atoms with E-state index in [1.54, 1.807) is 0 Å². The highest BCUT2D eigenvalue weighted by molar-refractivity contribution is 14.0. The summed E-state index contributed by atoms with van der Waals surface area (Å²) in [6.45, 7) is 6.61. The standard InChI is InChI=1S/C25H33FN6.HI/c1-27-24(32-12-10-25(19-32)8-2-9-25)29-18-20-7-11-28-23(17-20)31-15-13-30(14-16-31)22-5-3-21(26)4-6-22;/h3-7,11,17H,2,8-10,12-16,18-19H2,1H3,(H,27,29);1H. The van der Waals surface area contributed by atoms with E-state index >= 15 is 0 Å². The SMILES string of the molecule is CN=C(NCc1ccnc(N2CCN(c3ccc(F)cc3)CC2)c1)N1CCC2(CCC2)C1.I. The van der Waals surface area contributed by atoms with E-state index in [2.05, 4.69) is 42.1 Å². The maximum Gasteiger partial charge on any atom is 0.193 e. The van der Waals surface area contributed by atoms with Crippen LogP contribution in [0.3, 0.4) is 0 Å². The fourth-order valence-corrected chi connectivity index (χ4v) is 5.30. The van der Waals surface area contributed by atoms with Crippen LogP contribution < -0.4 is 15.1 Å². The van der Waals surface area contributed by atoms with Crippen molar-refractivity contribution in [1.29, 1.82) is 0 Å². The molecule has 5 rings (SSSR count). The number of hydrogen-bond acceptors (Lipinski definition) is 4. The minimum atomic E-state index is -0.189. The first-order chi connectivity index (χ1) is 15.6. The first-order valence-electron chi connectivity index (χ1n) is 11.8. The number of anilines is 2. The zero-order valence-electron chi connectivity index (χ0n) is 19.3. The summed E-state index contributed by atoms with van der Waals surface area (Å²) in [5.41, 5.74) is 2.86. The zero-order chi connectivity index (χ0) is 22.0. The molecule has 33 heavy (non-hydrogen) atoms. The van der Waals surface area contributed by atoms with Gasteiger partial charge in [0.15, 0.2) is 5.96 Å². The van der Waals surface area contributed by atoms with Gasteiger partial charge in [0.2, 0.25) is 0 Å². The van der Waals surface area contributed by atoms with Gasteiger partial charge in [-0.1, -0.05) is 6.42 Å². The maximum atomic E-state index is 13.2. The van der Waals surface area contributed by atoms with Gasteiger partial charge in [0, 0.05) is 64.7 Å². The molecule has 178 valence electrons. The van der Waals surface area contributed by atoms with Crippen LogP contribution in [0.1, 0.15) is 31.2 Å². The molecular weight excluding hydrogens is 530 g/mol. The van der Waals surface area contributed by atoms with Gasteiger partial charge >= 0.3 is 0 Å². The highest BCUT2D eigenvalue weighted by Crippen LogP contribution is 2.47. The van der Waals surface area contributed by atoms with Crippen LogP contribution >= 0.6 is 24.0 Å². The van der Waals surface area contributed by atoms with Crippen molar-refractivity contribution < 1.29 is 4.39 Å². The lowest BCUT2D eigenvalue weighted by Gasteiger charge is -2.38. The second kappa shape index (κ2) is 10.4. The zero-order valence-corrected chi connectivity index (χ0v) is 21.7. The Morgan fingerprint density at radius 3 is 2.39 bits per heavy atom. The number of piperazine rings is 1. The second-order valence-corrected chi connectivity index (χ2v) is 9.40. The van der Waals surface area contributed by atoms with Crippen molar-refractivity contribution in [3.05, 3.63) is 54.0 Å². The number of hydrogen-bond donors (Lipinski definition) is 1. The van der Waals surface area contributed by atoms with Crippen molar-refractivity contribution in [2.24, 2.45) is 10.4 Å². The quantitative estimate of drug-likeness (QED) is 0.344. The molecule has 0 bridgehead atoms. The van der Waals surface area contributed by atoms with Gasteiger partial charge in [-0.15, -0.1) is 24.0 Å². The van der Waals surface area contributed by atoms with E-state index in [9.17, 15) is 4.39 Å². The number of nitrogens with zero attached hydrogens (tertiary/aromatic N) is 5. The largest absolute Gasteiger partial charge is 0.368 e. The molecule has 3 fully saturated rings. The molecule has 1 spiro atoms. The fraction of sp³-hybridized carbons (Fsp3) is 0.520. The molecular formula is C25H34FIN6. The first kappa shape index (κ1) is 24.0. The predicted molar refractivity (Wildman–Crippen MR) is 143 cm³/mol. The molecule has 0 radical (unpaired) electrons. The van der Waals surface area contributed by atoms with Crippen LogP contribution in [-0.2, 0) is 6.54 Å². The summed E-state index contributed by atoms with van der Waals surface area (Å²) in [4.78, 5) is 16.2. The topological polar surface area (TPSA) is 47.0 Å². The van der Waals surface area contributed by atoms with E-state index in [1.807, 2.05) is 25.4 Å². The van der Waals surface area contributed by atoms with Gasteiger partial charge in [0.05, 0.1) is 0 Å². The molecule has 0 amide bonds. The summed E-state index contributed by atoms with van der Waals surface area (Å²) >= 11 is 0. The Hall–Kier alpha value is -2.10. The van der Waals surface area contributed by atoms with Crippen LogP contribution in [0.15, 0.2) is 47.6 Å². The molecule has 1 aromatic heterocycles. The second-order valence-electron chi connectivity index (χ2n) is 9.40. The Morgan fingerprint density at radius 2 is 1.76 bits per heavy atom. The van der Waals surface area contributed by atoms with Crippen molar-refractivity contribution in [2.45, 2.75) is 32.2 Å². The summed E-state index contributed by atoms with van der Waals surface area (Å²) in [6.07, 6.45) is 7.35. The molecule has 0 unspecified atom stereocenters. The molecule has 2 saturated heterocycles. The van der Waals surface area contributed by atoms with Gasteiger partial charge in [-0.25, -0.2) is 9.37 Å². The molecule has 1 aromatic carbocycles. The minimum Gasteiger partial charge on any atom is -0.368 e. The summed E-state index contributed by atoms with van der Waals surface area (Å²) in [5.74, 6) is 1.85. The van der Waals surface area contributed by atoms with Crippen LogP contribution in [0.5, 0.6) is 0 Å². The first-order valence-corrected chi connectivity index (χ1v) is 11.8. The van der Waals surface area contributed by atoms with Crippen LogP contribution in [-0.4, -0.2) is 62.2 Å². The summed E-state index contributed by atoms with van der Waals surface area (Å²) < 4.78 is 13.2. The lowest BCUT2D eigenvalue weighted by molar-refractivity contribution is 0.151. The molecule has 2 aliphatic heterocycles. The molecule has 8 heteroatoms. The molecule has 2 aromatic rings. The van der Waals surface area contributed by atoms with Crippen LogP contribution in [0, 0.1) is 11.2 Å². The maximum absolute atomic E-state index is 13.2. The van der Waals surface area contributed by atoms with Crippen molar-refractivity contribution in [1.82, 2.24) is 15.2 Å². The van der Waals surface area contributed by atoms with Gasteiger partial charge in [-0.05, 0) is 66.6 Å². The number of rotatable bonds is 4. The van der Waals surface area contributed by atoms with Crippen molar-refractivity contribution in [3.8, 4) is 0 Å². The van der Waals surface area contributed by atoms with Gasteiger partial charge in [0.25, 0.3) is 0 Å². The Balaban J connectivity index is 0.00000259. The molecule has 6 nitrogen and oxygen atoms in total. The van der Waals surface area contributed by atoms with E-state index in [-0.39, 0.29) is 29.8 Å². The Bertz CT molecular complexity index is 954. The van der Waals surface area contributed by atoms with Crippen LogP contribution in [0.2, 0.25) is 0 Å². The monoisotopic (exact) mass is 564 g/mol. The fourth-order valence-electron chi connectivity index (χ4n) is 5.30. The summed E-state index contributed by atoms with van der Waals surface area (Å²) in [7, 11) is 1.88. The van der Waals surface area contributed by atoms with Gasteiger partial charge < -0.3 is 20.0 Å². The van der Waals surface area contributed by atoms with Crippen molar-refractivity contribution in [3.63, 3.8) is 0 Å². The van der Waals surface area contributed by atoms with E-state index in [1.165, 1.54) is 43.4 Å². The summed E-state index contributed by atoms with van der Waals surface area (Å²) in [6, 6.07) is 11.0. The third-order valence-corrected chi connectivity index (χ3v) is 7.42. The molecule has 3 aliphatic rings. The highest BCUT2D eigenvalue weighted by Gasteiger charge is 2.43.